The molecule has 1 nitrogen and oxygen atoms in total. The number of halogens is 1. The number of methoxy groups -OCH3 is 1. The molecule has 0 bridgehead atoms. The molecule has 0 saturated heterocycles. The molecule has 0 spiro atoms. The maximum atomic E-state index is 6.80. The Labute approximate surface area is 65.6 Å². The summed E-state index contributed by atoms with van der Waals surface area (Å²) >= 11 is 3.26. The van der Waals surface area contributed by atoms with Crippen LogP contribution < -0.4 is 4.74 Å². The summed E-state index contributed by atoms with van der Waals surface area (Å²) in [5.74, 6) is 0.545. The van der Waals surface area contributed by atoms with Gasteiger partial charge in [-0.05, 0) is 24.3 Å². The van der Waals surface area contributed by atoms with Crippen LogP contribution in [0.3, 0.4) is 0 Å². The Balaban J connectivity index is 2.66. The lowest BCUT2D eigenvalue weighted by molar-refractivity contribution is 0.414. The van der Waals surface area contributed by atoms with E-state index in [9.17, 15) is 0 Å². The van der Waals surface area contributed by atoms with Crippen molar-refractivity contribution in [1.82, 2.24) is 0 Å². The average molecular weight is 189 g/mol. The standard InChI is InChI=1S/C7H7BrO/c1-9-7-4-2-6(8)3-5-7/h2-5H,1H3/i1D2. The first-order chi connectivity index (χ1) is 5.18. The molecule has 2 heteroatoms. The molecule has 0 fully saturated rings. The van der Waals surface area contributed by atoms with Crippen LogP contribution in [-0.4, -0.2) is 7.06 Å². The van der Waals surface area contributed by atoms with E-state index in [-0.39, 0.29) is 0 Å². The average Bonchev–Trinajstić information content (AvgIpc) is 1.93. The highest BCUT2D eigenvalue weighted by atomic mass is 79.9. The van der Waals surface area contributed by atoms with Crippen molar-refractivity contribution < 1.29 is 7.48 Å². The number of hydrogen-bond acceptors (Lipinski definition) is 1. The zero-order chi connectivity index (χ0) is 8.27. The highest BCUT2D eigenvalue weighted by molar-refractivity contribution is 9.10. The predicted octanol–water partition coefficient (Wildman–Crippen LogP) is 2.46. The summed E-state index contributed by atoms with van der Waals surface area (Å²) in [5, 5.41) is 0. The molecule has 0 radical (unpaired) electrons. The SMILES string of the molecule is [2H]C([2H])Oc1ccc(Br)cc1. The lowest BCUT2D eigenvalue weighted by Crippen LogP contribution is -1.79. The van der Waals surface area contributed by atoms with Gasteiger partial charge in [0.05, 0.1) is 9.80 Å². The first-order valence-electron chi connectivity index (χ1n) is 3.60. The molecular formula is C7H7BrO. The molecule has 0 aromatic heterocycles. The van der Waals surface area contributed by atoms with Gasteiger partial charge in [0.25, 0.3) is 0 Å². The molecule has 0 heterocycles. The largest absolute Gasteiger partial charge is 0.497 e. The van der Waals surface area contributed by atoms with Crippen molar-refractivity contribution in [2.45, 2.75) is 0 Å². The minimum atomic E-state index is -1.25. The van der Waals surface area contributed by atoms with Gasteiger partial charge in [-0.3, -0.25) is 0 Å². The summed E-state index contributed by atoms with van der Waals surface area (Å²) < 4.78 is 19.3. The van der Waals surface area contributed by atoms with E-state index in [0.29, 0.717) is 5.75 Å². The van der Waals surface area contributed by atoms with Gasteiger partial charge in [-0.2, -0.15) is 0 Å². The molecule has 0 saturated carbocycles. The van der Waals surface area contributed by atoms with Crippen LogP contribution >= 0.6 is 15.9 Å². The topological polar surface area (TPSA) is 9.23 Å². The summed E-state index contributed by atoms with van der Waals surface area (Å²) in [4.78, 5) is 0. The maximum absolute atomic E-state index is 6.80. The van der Waals surface area contributed by atoms with Crippen molar-refractivity contribution >= 4 is 15.9 Å². The van der Waals surface area contributed by atoms with Crippen molar-refractivity contribution in [3.8, 4) is 5.75 Å². The fraction of sp³-hybridized carbons (Fsp3) is 0.143. The number of rotatable bonds is 1. The highest BCUT2D eigenvalue weighted by Gasteiger charge is 1.86. The fourth-order valence-corrected chi connectivity index (χ4v) is 0.777. The third-order valence-corrected chi connectivity index (χ3v) is 1.48. The quantitative estimate of drug-likeness (QED) is 0.659. The van der Waals surface area contributed by atoms with Crippen LogP contribution in [0.4, 0.5) is 0 Å². The highest BCUT2D eigenvalue weighted by Crippen LogP contribution is 2.14. The van der Waals surface area contributed by atoms with Crippen molar-refractivity contribution in [2.75, 3.05) is 7.06 Å². The molecule has 0 aliphatic rings. The Morgan fingerprint density at radius 1 is 1.44 bits per heavy atom. The lowest BCUT2D eigenvalue weighted by Gasteiger charge is -1.96. The molecule has 9 heavy (non-hydrogen) atoms. The van der Waals surface area contributed by atoms with E-state index in [4.69, 9.17) is 7.48 Å². The van der Waals surface area contributed by atoms with Gasteiger partial charge in [0, 0.05) is 4.47 Å². The summed E-state index contributed by atoms with van der Waals surface area (Å²) in [7, 11) is -1.25. The Morgan fingerprint density at radius 2 is 2.11 bits per heavy atom. The number of ether oxygens (including phenoxy) is 1. The van der Waals surface area contributed by atoms with Crippen molar-refractivity contribution in [2.24, 2.45) is 0 Å². The van der Waals surface area contributed by atoms with E-state index in [1.165, 1.54) is 0 Å². The van der Waals surface area contributed by atoms with Crippen LogP contribution in [0, 0.1) is 0 Å². The van der Waals surface area contributed by atoms with Crippen molar-refractivity contribution in [3.05, 3.63) is 28.7 Å². The summed E-state index contributed by atoms with van der Waals surface area (Å²) in [6, 6.07) is 7.02. The molecule has 0 atom stereocenters. The fourth-order valence-electron chi connectivity index (χ4n) is 0.513. The van der Waals surface area contributed by atoms with Gasteiger partial charge in [-0.25, -0.2) is 0 Å². The van der Waals surface area contributed by atoms with E-state index in [2.05, 4.69) is 15.9 Å². The van der Waals surface area contributed by atoms with Crippen LogP contribution in [-0.2, 0) is 0 Å². The maximum Gasteiger partial charge on any atom is 0.118 e. The third kappa shape index (κ3) is 1.72. The lowest BCUT2D eigenvalue weighted by atomic mass is 10.3. The minimum absolute atomic E-state index is 0.545. The molecule has 1 rings (SSSR count). The minimum Gasteiger partial charge on any atom is -0.497 e. The van der Waals surface area contributed by atoms with Gasteiger partial charge >= 0.3 is 0 Å². The zero-order valence-corrected chi connectivity index (χ0v) is 6.26. The molecule has 0 N–H and O–H groups in total. The monoisotopic (exact) mass is 188 g/mol. The van der Waals surface area contributed by atoms with Crippen LogP contribution in [0.5, 0.6) is 5.75 Å². The van der Waals surface area contributed by atoms with Crippen LogP contribution in [0.1, 0.15) is 2.74 Å². The van der Waals surface area contributed by atoms with Gasteiger partial charge in [-0.1, -0.05) is 15.9 Å². The molecule has 0 amide bonds. The predicted molar refractivity (Wildman–Crippen MR) is 40.7 cm³/mol. The third-order valence-electron chi connectivity index (χ3n) is 0.950. The van der Waals surface area contributed by atoms with Gasteiger partial charge < -0.3 is 4.74 Å². The van der Waals surface area contributed by atoms with Gasteiger partial charge in [0.1, 0.15) is 5.75 Å². The molecule has 0 aliphatic heterocycles. The van der Waals surface area contributed by atoms with Crippen LogP contribution in [0.25, 0.3) is 0 Å². The van der Waals surface area contributed by atoms with Gasteiger partial charge in [0.2, 0.25) is 0 Å². The second-order valence-corrected chi connectivity index (χ2v) is 2.49. The van der Waals surface area contributed by atoms with Crippen LogP contribution in [0.15, 0.2) is 28.7 Å². The molecule has 1 aromatic carbocycles. The normalized spacial score (nSPS) is 12.7. The van der Waals surface area contributed by atoms with Gasteiger partial charge in [0.15, 0.2) is 0 Å². The number of hydrogen-bond donors (Lipinski definition) is 0. The van der Waals surface area contributed by atoms with Crippen LogP contribution in [0.2, 0.25) is 0 Å². The Morgan fingerprint density at radius 3 is 2.67 bits per heavy atom. The molecule has 0 aliphatic carbocycles. The second kappa shape index (κ2) is 2.87. The first-order valence-corrected chi connectivity index (χ1v) is 3.24. The Hall–Kier alpha value is -0.500. The zero-order valence-electron chi connectivity index (χ0n) is 6.67. The summed E-state index contributed by atoms with van der Waals surface area (Å²) in [6.07, 6.45) is 0. The molecule has 1 aromatic rings. The van der Waals surface area contributed by atoms with Crippen molar-refractivity contribution in [1.29, 1.82) is 0 Å². The van der Waals surface area contributed by atoms with Gasteiger partial charge in [-0.15, -0.1) is 0 Å². The second-order valence-electron chi connectivity index (χ2n) is 1.57. The summed E-state index contributed by atoms with van der Waals surface area (Å²) in [6.45, 7) is 0. The molecule has 0 unspecified atom stereocenters. The van der Waals surface area contributed by atoms with E-state index < -0.39 is 7.06 Å². The van der Waals surface area contributed by atoms with E-state index in [1.54, 1.807) is 24.3 Å². The molecular weight excluding hydrogens is 180 g/mol. The number of benzene rings is 1. The van der Waals surface area contributed by atoms with E-state index >= 15 is 0 Å². The Kier molecular flexibility index (Phi) is 1.38. The first kappa shape index (κ1) is 4.34. The Bertz CT molecular complexity index is 222. The smallest absolute Gasteiger partial charge is 0.118 e. The van der Waals surface area contributed by atoms with E-state index in [0.717, 1.165) is 4.47 Å². The van der Waals surface area contributed by atoms with Crippen molar-refractivity contribution in [3.63, 3.8) is 0 Å². The summed E-state index contributed by atoms with van der Waals surface area (Å²) in [5.41, 5.74) is 0. The van der Waals surface area contributed by atoms with E-state index in [1.807, 2.05) is 0 Å². The molecule has 48 valence electrons.